The van der Waals surface area contributed by atoms with E-state index >= 15 is 0 Å². The first kappa shape index (κ1) is 14.9. The van der Waals surface area contributed by atoms with Gasteiger partial charge in [-0.2, -0.15) is 0 Å². The van der Waals surface area contributed by atoms with Crippen LogP contribution in [-0.2, 0) is 4.74 Å². The van der Waals surface area contributed by atoms with Crippen LogP contribution in [0.2, 0.25) is 0 Å². The van der Waals surface area contributed by atoms with Gasteiger partial charge in [0.2, 0.25) is 0 Å². The number of nitrogens with zero attached hydrogens (tertiary/aromatic N) is 1. The maximum atomic E-state index is 5.91. The highest BCUT2D eigenvalue weighted by Gasteiger charge is 2.22. The summed E-state index contributed by atoms with van der Waals surface area (Å²) in [4.78, 5) is 2.53. The van der Waals surface area contributed by atoms with Crippen LogP contribution >= 0.6 is 0 Å². The van der Waals surface area contributed by atoms with Gasteiger partial charge in [-0.1, -0.05) is 20.8 Å². The van der Waals surface area contributed by atoms with Crippen LogP contribution in [0.3, 0.4) is 0 Å². The van der Waals surface area contributed by atoms with Gasteiger partial charge in [0, 0.05) is 26.2 Å². The number of hydrogen-bond donors (Lipinski definition) is 1. The van der Waals surface area contributed by atoms with Crippen LogP contribution in [-0.4, -0.2) is 43.8 Å². The van der Waals surface area contributed by atoms with E-state index in [4.69, 9.17) is 10.5 Å². The Kier molecular flexibility index (Phi) is 5.90. The van der Waals surface area contributed by atoms with Gasteiger partial charge >= 0.3 is 0 Å². The Morgan fingerprint density at radius 1 is 1.41 bits per heavy atom. The predicted molar refractivity (Wildman–Crippen MR) is 73.1 cm³/mol. The van der Waals surface area contributed by atoms with Gasteiger partial charge < -0.3 is 15.4 Å². The van der Waals surface area contributed by atoms with Crippen LogP contribution in [0.1, 0.15) is 40.5 Å². The zero-order valence-corrected chi connectivity index (χ0v) is 12.0. The molecule has 3 heteroatoms. The van der Waals surface area contributed by atoms with Crippen molar-refractivity contribution in [2.24, 2.45) is 17.1 Å². The molecule has 0 aromatic carbocycles. The van der Waals surface area contributed by atoms with Crippen molar-refractivity contribution >= 4 is 0 Å². The highest BCUT2D eigenvalue weighted by atomic mass is 16.5. The van der Waals surface area contributed by atoms with E-state index in [0.29, 0.717) is 17.4 Å². The Labute approximate surface area is 107 Å². The molecule has 1 fully saturated rings. The smallest absolute Gasteiger partial charge is 0.0673 e. The van der Waals surface area contributed by atoms with Crippen molar-refractivity contribution in [2.45, 2.75) is 46.6 Å². The molecule has 17 heavy (non-hydrogen) atoms. The summed E-state index contributed by atoms with van der Waals surface area (Å²) >= 11 is 0. The van der Waals surface area contributed by atoms with E-state index in [1.54, 1.807) is 0 Å². The van der Waals surface area contributed by atoms with Crippen LogP contribution in [0.4, 0.5) is 0 Å². The number of hydrogen-bond acceptors (Lipinski definition) is 3. The molecule has 2 unspecified atom stereocenters. The first-order valence-electron chi connectivity index (χ1n) is 6.95. The SMILES string of the molecule is CC1CN(CC(CN)CC(C)(C)C)CCCO1. The molecular formula is C14H30N2O. The van der Waals surface area contributed by atoms with Crippen molar-refractivity contribution in [1.29, 1.82) is 0 Å². The van der Waals surface area contributed by atoms with Crippen molar-refractivity contribution < 1.29 is 4.74 Å². The summed E-state index contributed by atoms with van der Waals surface area (Å²) < 4.78 is 5.68. The Balaban J connectivity index is 2.43. The fourth-order valence-electron chi connectivity index (χ4n) is 2.70. The zero-order chi connectivity index (χ0) is 12.9. The molecular weight excluding hydrogens is 212 g/mol. The minimum absolute atomic E-state index is 0.366. The van der Waals surface area contributed by atoms with E-state index < -0.39 is 0 Å². The van der Waals surface area contributed by atoms with E-state index in [2.05, 4.69) is 32.6 Å². The second-order valence-electron chi connectivity index (χ2n) is 6.66. The molecule has 0 bridgehead atoms. The van der Waals surface area contributed by atoms with Crippen LogP contribution < -0.4 is 5.73 Å². The molecule has 0 amide bonds. The van der Waals surface area contributed by atoms with Crippen molar-refractivity contribution in [2.75, 3.05) is 32.8 Å². The highest BCUT2D eigenvalue weighted by Crippen LogP contribution is 2.24. The second kappa shape index (κ2) is 6.72. The van der Waals surface area contributed by atoms with E-state index in [0.717, 1.165) is 39.2 Å². The Bertz CT molecular complexity index is 213. The summed E-state index contributed by atoms with van der Waals surface area (Å²) in [5.41, 5.74) is 6.29. The van der Waals surface area contributed by atoms with E-state index in [1.165, 1.54) is 6.42 Å². The van der Waals surface area contributed by atoms with Crippen LogP contribution in [0.5, 0.6) is 0 Å². The van der Waals surface area contributed by atoms with Gasteiger partial charge in [0.25, 0.3) is 0 Å². The van der Waals surface area contributed by atoms with Gasteiger partial charge in [-0.3, -0.25) is 0 Å². The van der Waals surface area contributed by atoms with Gasteiger partial charge in [-0.05, 0) is 37.6 Å². The maximum absolute atomic E-state index is 5.91. The van der Waals surface area contributed by atoms with Gasteiger partial charge in [-0.15, -0.1) is 0 Å². The molecule has 1 heterocycles. The largest absolute Gasteiger partial charge is 0.377 e. The van der Waals surface area contributed by atoms with Crippen molar-refractivity contribution in [3.05, 3.63) is 0 Å². The molecule has 0 spiro atoms. The molecule has 0 aromatic rings. The molecule has 1 aliphatic rings. The van der Waals surface area contributed by atoms with Crippen molar-refractivity contribution in [1.82, 2.24) is 4.90 Å². The molecule has 0 aliphatic carbocycles. The molecule has 0 aromatic heterocycles. The summed E-state index contributed by atoms with van der Waals surface area (Å²) in [6, 6.07) is 0. The molecule has 102 valence electrons. The lowest BCUT2D eigenvalue weighted by molar-refractivity contribution is 0.0645. The number of nitrogens with two attached hydrogens (primary N) is 1. The molecule has 0 saturated carbocycles. The summed E-state index contributed by atoms with van der Waals surface area (Å²) in [7, 11) is 0. The topological polar surface area (TPSA) is 38.5 Å². The van der Waals surface area contributed by atoms with Crippen molar-refractivity contribution in [3.63, 3.8) is 0 Å². The molecule has 1 aliphatic heterocycles. The lowest BCUT2D eigenvalue weighted by atomic mass is 9.84. The lowest BCUT2D eigenvalue weighted by Gasteiger charge is -2.30. The van der Waals surface area contributed by atoms with Gasteiger partial charge in [-0.25, -0.2) is 0 Å². The first-order chi connectivity index (χ1) is 7.90. The normalized spacial score (nSPS) is 25.6. The Morgan fingerprint density at radius 3 is 2.71 bits per heavy atom. The molecule has 0 radical (unpaired) electrons. The summed E-state index contributed by atoms with van der Waals surface area (Å²) in [5.74, 6) is 0.611. The minimum Gasteiger partial charge on any atom is -0.377 e. The summed E-state index contributed by atoms with van der Waals surface area (Å²) in [6.45, 7) is 14.1. The molecule has 2 N–H and O–H groups in total. The molecule has 1 rings (SSSR count). The van der Waals surface area contributed by atoms with Gasteiger partial charge in [0.1, 0.15) is 0 Å². The summed E-state index contributed by atoms with van der Waals surface area (Å²) in [6.07, 6.45) is 2.72. The fourth-order valence-corrected chi connectivity index (χ4v) is 2.70. The second-order valence-corrected chi connectivity index (χ2v) is 6.66. The zero-order valence-electron chi connectivity index (χ0n) is 12.0. The standard InChI is InChI=1S/C14H30N2O/c1-12-10-16(6-5-7-17-12)11-13(9-15)8-14(2,3)4/h12-13H,5-11,15H2,1-4H3. The lowest BCUT2D eigenvalue weighted by Crippen LogP contribution is -2.38. The molecule has 2 atom stereocenters. The Morgan fingerprint density at radius 2 is 2.12 bits per heavy atom. The third-order valence-electron chi connectivity index (χ3n) is 3.29. The van der Waals surface area contributed by atoms with Crippen LogP contribution in [0.25, 0.3) is 0 Å². The molecule has 1 saturated heterocycles. The Hall–Kier alpha value is -0.120. The fraction of sp³-hybridized carbons (Fsp3) is 1.00. The monoisotopic (exact) mass is 242 g/mol. The van der Waals surface area contributed by atoms with E-state index in [9.17, 15) is 0 Å². The van der Waals surface area contributed by atoms with Crippen LogP contribution in [0, 0.1) is 11.3 Å². The third-order valence-corrected chi connectivity index (χ3v) is 3.29. The number of rotatable bonds is 4. The maximum Gasteiger partial charge on any atom is 0.0673 e. The average molecular weight is 242 g/mol. The van der Waals surface area contributed by atoms with E-state index in [1.807, 2.05) is 0 Å². The average Bonchev–Trinajstić information content (AvgIpc) is 2.39. The molecule has 3 nitrogen and oxygen atoms in total. The third kappa shape index (κ3) is 6.39. The van der Waals surface area contributed by atoms with Gasteiger partial charge in [0.15, 0.2) is 0 Å². The summed E-state index contributed by atoms with van der Waals surface area (Å²) in [5, 5.41) is 0. The predicted octanol–water partition coefficient (Wildman–Crippen LogP) is 2.11. The first-order valence-corrected chi connectivity index (χ1v) is 6.95. The van der Waals surface area contributed by atoms with Gasteiger partial charge in [0.05, 0.1) is 6.10 Å². The highest BCUT2D eigenvalue weighted by molar-refractivity contribution is 4.75. The number of ether oxygens (including phenoxy) is 1. The van der Waals surface area contributed by atoms with E-state index in [-0.39, 0.29) is 0 Å². The van der Waals surface area contributed by atoms with Crippen LogP contribution in [0.15, 0.2) is 0 Å². The minimum atomic E-state index is 0.366. The quantitative estimate of drug-likeness (QED) is 0.820. The van der Waals surface area contributed by atoms with Crippen molar-refractivity contribution in [3.8, 4) is 0 Å².